The number of hydrogen-bond donors (Lipinski definition) is 0. The van der Waals surface area contributed by atoms with E-state index >= 15 is 0 Å². The molecule has 0 spiro atoms. The lowest BCUT2D eigenvalue weighted by Gasteiger charge is -2.34. The Bertz CT molecular complexity index is 705. The van der Waals surface area contributed by atoms with E-state index in [1.54, 1.807) is 12.6 Å². The number of ether oxygens (including phenoxy) is 1. The van der Waals surface area contributed by atoms with Crippen LogP contribution >= 0.6 is 11.3 Å². The maximum atomic E-state index is 12.4. The number of methoxy groups -OCH3 is 1. The van der Waals surface area contributed by atoms with Gasteiger partial charge in [-0.05, 0) is 43.4 Å². The van der Waals surface area contributed by atoms with Crippen molar-refractivity contribution in [2.75, 3.05) is 40.3 Å². The number of carbonyl (C=O) groups excluding carboxylic acids is 1. The minimum Gasteiger partial charge on any atom is -0.496 e. The van der Waals surface area contributed by atoms with Crippen molar-refractivity contribution < 1.29 is 9.53 Å². The number of thiazole rings is 1. The summed E-state index contributed by atoms with van der Waals surface area (Å²) in [4.78, 5) is 20.9. The molecule has 0 bridgehead atoms. The summed E-state index contributed by atoms with van der Waals surface area (Å²) in [6, 6.07) is 8.23. The Hall–Kier alpha value is -1.92. The van der Waals surface area contributed by atoms with Crippen molar-refractivity contribution in [2.45, 2.75) is 19.3 Å². The second kappa shape index (κ2) is 9.14. The molecule has 1 aromatic carbocycles. The highest BCUT2D eigenvalue weighted by atomic mass is 32.1. The molecular formula is C20H27N3O2S. The predicted octanol–water partition coefficient (Wildman–Crippen LogP) is 3.18. The monoisotopic (exact) mass is 373 g/mol. The number of aromatic nitrogens is 1. The molecule has 2 aromatic rings. The van der Waals surface area contributed by atoms with E-state index in [-0.39, 0.29) is 5.91 Å². The molecule has 0 radical (unpaired) electrons. The lowest BCUT2D eigenvalue weighted by atomic mass is 9.97. The van der Waals surface area contributed by atoms with Gasteiger partial charge in [0.05, 0.1) is 12.6 Å². The summed E-state index contributed by atoms with van der Waals surface area (Å²) in [5.74, 6) is 1.51. The first-order chi connectivity index (χ1) is 12.7. The van der Waals surface area contributed by atoms with Crippen LogP contribution in [0.4, 0.5) is 0 Å². The largest absolute Gasteiger partial charge is 0.496 e. The van der Waals surface area contributed by atoms with Crippen LogP contribution in [0.25, 0.3) is 0 Å². The lowest BCUT2D eigenvalue weighted by Crippen LogP contribution is -2.42. The Morgan fingerprint density at radius 3 is 3.04 bits per heavy atom. The Morgan fingerprint density at radius 2 is 2.27 bits per heavy atom. The Kier molecular flexibility index (Phi) is 6.63. The number of rotatable bonds is 7. The van der Waals surface area contributed by atoms with Gasteiger partial charge in [0.1, 0.15) is 11.4 Å². The summed E-state index contributed by atoms with van der Waals surface area (Å²) in [6.07, 6.45) is 3.36. The molecule has 26 heavy (non-hydrogen) atoms. The third-order valence-electron chi connectivity index (χ3n) is 5.02. The molecule has 1 atom stereocenters. The molecule has 1 amide bonds. The van der Waals surface area contributed by atoms with E-state index in [1.165, 1.54) is 29.7 Å². The van der Waals surface area contributed by atoms with Gasteiger partial charge in [0.2, 0.25) is 0 Å². The van der Waals surface area contributed by atoms with Crippen LogP contribution in [0.2, 0.25) is 0 Å². The van der Waals surface area contributed by atoms with Crippen LogP contribution in [0.5, 0.6) is 5.75 Å². The molecule has 1 aliphatic heterocycles. The molecule has 0 saturated carbocycles. The van der Waals surface area contributed by atoms with E-state index in [0.29, 0.717) is 11.6 Å². The first-order valence-electron chi connectivity index (χ1n) is 9.15. The van der Waals surface area contributed by atoms with Gasteiger partial charge in [-0.15, -0.1) is 11.3 Å². The molecule has 1 fully saturated rings. The maximum Gasteiger partial charge on any atom is 0.273 e. The minimum atomic E-state index is 0.0254. The van der Waals surface area contributed by atoms with Crippen LogP contribution in [-0.2, 0) is 6.42 Å². The fourth-order valence-electron chi connectivity index (χ4n) is 3.68. The van der Waals surface area contributed by atoms with E-state index in [4.69, 9.17) is 4.74 Å². The fourth-order valence-corrected chi connectivity index (χ4v) is 4.20. The van der Waals surface area contributed by atoms with Gasteiger partial charge in [-0.25, -0.2) is 4.98 Å². The van der Waals surface area contributed by atoms with Crippen LogP contribution in [0.1, 0.15) is 28.9 Å². The molecule has 3 rings (SSSR count). The molecule has 5 nitrogen and oxygen atoms in total. The van der Waals surface area contributed by atoms with Crippen molar-refractivity contribution >= 4 is 17.2 Å². The Labute approximate surface area is 159 Å². The summed E-state index contributed by atoms with van der Waals surface area (Å²) in [6.45, 7) is 4.00. The van der Waals surface area contributed by atoms with Crippen molar-refractivity contribution in [3.63, 3.8) is 0 Å². The lowest BCUT2D eigenvalue weighted by molar-refractivity contribution is 0.0725. The highest BCUT2D eigenvalue weighted by molar-refractivity contribution is 7.07. The standard InChI is InChI=1S/C20H27N3O2S/c1-22(20(24)18-14-26-15-21-18)12-16-6-5-10-23(13-16)11-9-17-7-3-4-8-19(17)25-2/h3-4,7-8,14-16H,5-6,9-13H2,1-2H3/t16-/m1/s1. The predicted molar refractivity (Wildman–Crippen MR) is 105 cm³/mol. The van der Waals surface area contributed by atoms with E-state index in [2.05, 4.69) is 22.0 Å². The van der Waals surface area contributed by atoms with Crippen LogP contribution < -0.4 is 4.74 Å². The molecular weight excluding hydrogens is 346 g/mol. The maximum absolute atomic E-state index is 12.4. The third-order valence-corrected chi connectivity index (χ3v) is 5.61. The zero-order chi connectivity index (χ0) is 18.4. The summed E-state index contributed by atoms with van der Waals surface area (Å²) in [5, 5.41) is 1.82. The normalized spacial score (nSPS) is 17.8. The number of hydrogen-bond acceptors (Lipinski definition) is 5. The summed E-state index contributed by atoms with van der Waals surface area (Å²) < 4.78 is 5.45. The second-order valence-electron chi connectivity index (χ2n) is 6.93. The van der Waals surface area contributed by atoms with Crippen molar-refractivity contribution in [1.82, 2.24) is 14.8 Å². The van der Waals surface area contributed by atoms with E-state index in [9.17, 15) is 4.79 Å². The second-order valence-corrected chi connectivity index (χ2v) is 7.65. The van der Waals surface area contributed by atoms with Gasteiger partial charge in [0, 0.05) is 32.1 Å². The topological polar surface area (TPSA) is 45.7 Å². The average Bonchev–Trinajstić information content (AvgIpc) is 3.21. The van der Waals surface area contributed by atoms with Crippen molar-refractivity contribution in [3.05, 3.63) is 46.4 Å². The number of amides is 1. The van der Waals surface area contributed by atoms with Crippen molar-refractivity contribution in [1.29, 1.82) is 0 Å². The van der Waals surface area contributed by atoms with Gasteiger partial charge in [0.15, 0.2) is 0 Å². The fraction of sp³-hybridized carbons (Fsp3) is 0.500. The molecule has 140 valence electrons. The molecule has 1 aromatic heterocycles. The Morgan fingerprint density at radius 1 is 1.42 bits per heavy atom. The first-order valence-corrected chi connectivity index (χ1v) is 10.1. The molecule has 0 N–H and O–H groups in total. The summed E-state index contributed by atoms with van der Waals surface area (Å²) >= 11 is 1.46. The molecule has 0 aliphatic carbocycles. The number of likely N-dealkylation sites (tertiary alicyclic amines) is 1. The zero-order valence-electron chi connectivity index (χ0n) is 15.6. The number of para-hydroxylation sites is 1. The van der Waals surface area contributed by atoms with Gasteiger partial charge in [0.25, 0.3) is 5.91 Å². The number of nitrogens with zero attached hydrogens (tertiary/aromatic N) is 3. The van der Waals surface area contributed by atoms with Crippen LogP contribution in [0, 0.1) is 5.92 Å². The van der Waals surface area contributed by atoms with Gasteiger partial charge in [-0.2, -0.15) is 0 Å². The van der Waals surface area contributed by atoms with Crippen LogP contribution in [-0.4, -0.2) is 61.0 Å². The van der Waals surface area contributed by atoms with Crippen molar-refractivity contribution in [3.8, 4) is 5.75 Å². The van der Waals surface area contributed by atoms with E-state index < -0.39 is 0 Å². The van der Waals surface area contributed by atoms with E-state index in [1.807, 2.05) is 29.5 Å². The van der Waals surface area contributed by atoms with E-state index in [0.717, 1.165) is 38.3 Å². The number of piperidine rings is 1. The quantitative estimate of drug-likeness (QED) is 0.748. The number of benzene rings is 1. The molecule has 2 heterocycles. The SMILES string of the molecule is COc1ccccc1CCN1CCC[C@H](CN(C)C(=O)c2cscn2)C1. The average molecular weight is 374 g/mol. The summed E-state index contributed by atoms with van der Waals surface area (Å²) in [5.41, 5.74) is 3.52. The molecule has 6 heteroatoms. The zero-order valence-corrected chi connectivity index (χ0v) is 16.4. The van der Waals surface area contributed by atoms with Gasteiger partial charge in [-0.3, -0.25) is 4.79 Å². The van der Waals surface area contributed by atoms with Crippen LogP contribution in [0.15, 0.2) is 35.2 Å². The highest BCUT2D eigenvalue weighted by Gasteiger charge is 2.23. The Balaban J connectivity index is 1.50. The smallest absolute Gasteiger partial charge is 0.273 e. The summed E-state index contributed by atoms with van der Waals surface area (Å²) in [7, 11) is 3.61. The van der Waals surface area contributed by atoms with Crippen LogP contribution in [0.3, 0.4) is 0 Å². The molecule has 1 saturated heterocycles. The minimum absolute atomic E-state index is 0.0254. The van der Waals surface area contributed by atoms with Gasteiger partial charge >= 0.3 is 0 Å². The molecule has 1 aliphatic rings. The van der Waals surface area contributed by atoms with Gasteiger partial charge in [-0.1, -0.05) is 18.2 Å². The third kappa shape index (κ3) is 4.83. The van der Waals surface area contributed by atoms with Gasteiger partial charge < -0.3 is 14.5 Å². The number of carbonyl (C=O) groups is 1. The first kappa shape index (κ1) is 18.9. The highest BCUT2D eigenvalue weighted by Crippen LogP contribution is 2.21. The molecule has 0 unspecified atom stereocenters. The van der Waals surface area contributed by atoms with Crippen molar-refractivity contribution in [2.24, 2.45) is 5.92 Å².